The van der Waals surface area contributed by atoms with Gasteiger partial charge in [-0.2, -0.15) is 0 Å². The molecule has 0 bridgehead atoms. The number of hydrogen-bond donors (Lipinski definition) is 3. The van der Waals surface area contributed by atoms with Crippen LogP contribution in [0.4, 0.5) is 0 Å². The van der Waals surface area contributed by atoms with E-state index >= 15 is 0 Å². The Balaban J connectivity index is 0.00000316. The minimum Gasteiger partial charge on any atom is -0.479 e. The maximum absolute atomic E-state index is 12.6. The molecule has 1 atom stereocenters. The normalized spacial score (nSPS) is 16.6. The number of carbonyl (C=O) groups is 3. The van der Waals surface area contributed by atoms with Crippen LogP contribution in [-0.4, -0.2) is 35.4 Å². The molecule has 1 aliphatic carbocycles. The molecule has 8 nitrogen and oxygen atoms in total. The van der Waals surface area contributed by atoms with E-state index in [1.165, 1.54) is 19.3 Å². The number of amides is 3. The second kappa shape index (κ2) is 14.9. The molecule has 1 heterocycles. The first-order valence-electron chi connectivity index (χ1n) is 11.7. The van der Waals surface area contributed by atoms with Crippen LogP contribution in [0.5, 0.6) is 5.75 Å². The van der Waals surface area contributed by atoms with Crippen LogP contribution in [0.15, 0.2) is 89.7 Å². The van der Waals surface area contributed by atoms with Crippen LogP contribution in [-0.2, 0) is 9.59 Å². The zero-order chi connectivity index (χ0) is 27.1. The molecule has 2 rings (SSSR count). The summed E-state index contributed by atoms with van der Waals surface area (Å²) < 4.78 is 6.04. The van der Waals surface area contributed by atoms with E-state index < -0.39 is 17.4 Å². The number of hydrazine groups is 1. The summed E-state index contributed by atoms with van der Waals surface area (Å²) in [5.74, 6) is -0.779. The Morgan fingerprint density at radius 1 is 1.08 bits per heavy atom. The van der Waals surface area contributed by atoms with Gasteiger partial charge in [-0.1, -0.05) is 43.7 Å². The second-order valence-corrected chi connectivity index (χ2v) is 7.81. The number of nitrogens with one attached hydrogen (secondary N) is 3. The van der Waals surface area contributed by atoms with Crippen molar-refractivity contribution in [1.82, 2.24) is 21.2 Å². The zero-order valence-electron chi connectivity index (χ0n) is 22.0. The SMILES string of the molecule is C/C=C(\C=C/C=C(C)C)C(=O)NNC(=O)C1=CC=CC(C)(Oc2ccnc(C(=O)NC)c2)C=C1.CC. The largest absolute Gasteiger partial charge is 0.479 e. The van der Waals surface area contributed by atoms with Gasteiger partial charge in [0, 0.05) is 30.5 Å². The highest BCUT2D eigenvalue weighted by Gasteiger charge is 2.22. The van der Waals surface area contributed by atoms with Gasteiger partial charge in [-0.25, -0.2) is 0 Å². The molecule has 1 aliphatic rings. The van der Waals surface area contributed by atoms with E-state index in [9.17, 15) is 14.4 Å². The quantitative estimate of drug-likeness (QED) is 0.299. The van der Waals surface area contributed by atoms with Gasteiger partial charge in [0.2, 0.25) is 0 Å². The molecule has 3 N–H and O–H groups in total. The molecule has 0 fully saturated rings. The number of allylic oxidation sites excluding steroid dienone is 6. The Hall–Kier alpha value is -4.20. The summed E-state index contributed by atoms with van der Waals surface area (Å²) in [5.41, 5.74) is 6.04. The van der Waals surface area contributed by atoms with Crippen molar-refractivity contribution in [2.45, 2.75) is 47.1 Å². The van der Waals surface area contributed by atoms with Crippen LogP contribution in [0.1, 0.15) is 52.0 Å². The molecule has 0 aliphatic heterocycles. The van der Waals surface area contributed by atoms with E-state index in [0.717, 1.165) is 5.57 Å². The minimum atomic E-state index is -0.878. The molecule has 0 spiro atoms. The number of nitrogens with zero attached hydrogens (tertiary/aromatic N) is 1. The molecular formula is C28H36N4O4. The standard InChI is InChI=1S/C26H30N4O4.C2H6/c1-6-19(10-7-9-18(2)3)23(31)29-30-24(32)20-11-8-14-26(4,15-12-20)34-21-13-16-28-22(17-21)25(33)27-5;1-2/h6-17H,1-5H3,(H,27,33)(H,29,31)(H,30,32);1-2H3/b10-7-,19-6+;. The van der Waals surface area contributed by atoms with Crippen molar-refractivity contribution in [2.75, 3.05) is 7.05 Å². The first-order valence-corrected chi connectivity index (χ1v) is 11.7. The second-order valence-electron chi connectivity index (χ2n) is 7.81. The van der Waals surface area contributed by atoms with E-state index in [2.05, 4.69) is 21.2 Å². The Morgan fingerprint density at radius 2 is 1.81 bits per heavy atom. The monoisotopic (exact) mass is 492 g/mol. The third-order valence-corrected chi connectivity index (χ3v) is 4.66. The number of aromatic nitrogens is 1. The average molecular weight is 493 g/mol. The van der Waals surface area contributed by atoms with Crippen LogP contribution in [0.3, 0.4) is 0 Å². The van der Waals surface area contributed by atoms with Gasteiger partial charge in [0.15, 0.2) is 0 Å². The van der Waals surface area contributed by atoms with Crippen LogP contribution in [0, 0.1) is 0 Å². The summed E-state index contributed by atoms with van der Waals surface area (Å²) in [6.07, 6.45) is 16.9. The topological polar surface area (TPSA) is 109 Å². The number of ether oxygens (including phenoxy) is 1. The van der Waals surface area contributed by atoms with Gasteiger partial charge in [0.25, 0.3) is 17.7 Å². The van der Waals surface area contributed by atoms with Crippen LogP contribution in [0.2, 0.25) is 0 Å². The van der Waals surface area contributed by atoms with Gasteiger partial charge >= 0.3 is 0 Å². The number of carbonyl (C=O) groups excluding carboxylic acids is 3. The van der Waals surface area contributed by atoms with Crippen molar-refractivity contribution in [1.29, 1.82) is 0 Å². The molecule has 36 heavy (non-hydrogen) atoms. The summed E-state index contributed by atoms with van der Waals surface area (Å²) >= 11 is 0. The minimum absolute atomic E-state index is 0.232. The van der Waals surface area contributed by atoms with Crippen molar-refractivity contribution in [2.24, 2.45) is 0 Å². The lowest BCUT2D eigenvalue weighted by atomic mass is 10.1. The molecule has 0 saturated heterocycles. The molecule has 0 radical (unpaired) electrons. The Labute approximate surface area is 213 Å². The Morgan fingerprint density at radius 3 is 2.44 bits per heavy atom. The lowest BCUT2D eigenvalue weighted by Crippen LogP contribution is -2.42. The van der Waals surface area contributed by atoms with Gasteiger partial charge in [-0.05, 0) is 64.1 Å². The molecule has 0 saturated carbocycles. The van der Waals surface area contributed by atoms with Crippen molar-refractivity contribution < 1.29 is 19.1 Å². The Bertz CT molecular complexity index is 1120. The van der Waals surface area contributed by atoms with Gasteiger partial charge < -0.3 is 10.1 Å². The van der Waals surface area contributed by atoms with E-state index in [1.54, 1.807) is 61.6 Å². The summed E-state index contributed by atoms with van der Waals surface area (Å²) in [7, 11) is 1.52. The van der Waals surface area contributed by atoms with Crippen LogP contribution in [0.25, 0.3) is 0 Å². The lowest BCUT2D eigenvalue weighted by Gasteiger charge is -2.24. The third-order valence-electron chi connectivity index (χ3n) is 4.66. The average Bonchev–Trinajstić information content (AvgIpc) is 3.07. The number of rotatable bonds is 7. The van der Waals surface area contributed by atoms with E-state index in [4.69, 9.17) is 4.74 Å². The van der Waals surface area contributed by atoms with Crippen molar-refractivity contribution in [3.8, 4) is 5.75 Å². The van der Waals surface area contributed by atoms with Crippen molar-refractivity contribution in [3.05, 3.63) is 95.4 Å². The highest BCUT2D eigenvalue weighted by Crippen LogP contribution is 2.24. The molecule has 3 amide bonds. The summed E-state index contributed by atoms with van der Waals surface area (Å²) in [6.45, 7) is 11.5. The number of pyridine rings is 1. The van der Waals surface area contributed by atoms with Gasteiger partial charge in [0.1, 0.15) is 17.0 Å². The molecular weight excluding hydrogens is 456 g/mol. The van der Waals surface area contributed by atoms with E-state index in [0.29, 0.717) is 16.9 Å². The van der Waals surface area contributed by atoms with Crippen molar-refractivity contribution in [3.63, 3.8) is 0 Å². The Kier molecular flexibility index (Phi) is 12.4. The predicted molar refractivity (Wildman–Crippen MR) is 143 cm³/mol. The molecule has 0 aromatic carbocycles. The highest BCUT2D eigenvalue weighted by molar-refractivity contribution is 6.01. The van der Waals surface area contributed by atoms with Crippen LogP contribution >= 0.6 is 0 Å². The van der Waals surface area contributed by atoms with Gasteiger partial charge in [-0.15, -0.1) is 0 Å². The molecule has 8 heteroatoms. The first-order chi connectivity index (χ1) is 17.2. The molecule has 1 aromatic heterocycles. The fourth-order valence-corrected chi connectivity index (χ4v) is 2.81. The molecule has 1 unspecified atom stereocenters. The highest BCUT2D eigenvalue weighted by atomic mass is 16.5. The van der Waals surface area contributed by atoms with Gasteiger partial charge in [-0.3, -0.25) is 30.2 Å². The fourth-order valence-electron chi connectivity index (χ4n) is 2.81. The molecule has 192 valence electrons. The van der Waals surface area contributed by atoms with Crippen LogP contribution < -0.4 is 20.9 Å². The summed E-state index contributed by atoms with van der Waals surface area (Å²) in [6, 6.07) is 3.18. The van der Waals surface area contributed by atoms with E-state index in [-0.39, 0.29) is 11.6 Å². The van der Waals surface area contributed by atoms with Gasteiger partial charge in [0.05, 0.1) is 0 Å². The van der Waals surface area contributed by atoms with Crippen molar-refractivity contribution >= 4 is 17.7 Å². The summed E-state index contributed by atoms with van der Waals surface area (Å²) in [4.78, 5) is 40.7. The summed E-state index contributed by atoms with van der Waals surface area (Å²) in [5, 5.41) is 2.52. The predicted octanol–water partition coefficient (Wildman–Crippen LogP) is 4.27. The smallest absolute Gasteiger partial charge is 0.269 e. The zero-order valence-corrected chi connectivity index (χ0v) is 22.0. The first kappa shape index (κ1) is 29.8. The molecule has 1 aromatic rings. The number of hydrogen-bond acceptors (Lipinski definition) is 5. The maximum Gasteiger partial charge on any atom is 0.269 e. The fraction of sp³-hybridized carbons (Fsp3) is 0.286. The third kappa shape index (κ3) is 9.58. The van der Waals surface area contributed by atoms with E-state index in [1.807, 2.05) is 40.7 Å². The maximum atomic E-state index is 12.6. The lowest BCUT2D eigenvalue weighted by molar-refractivity contribution is -0.124.